The summed E-state index contributed by atoms with van der Waals surface area (Å²) in [6.45, 7) is -1.45. The first-order valence-corrected chi connectivity index (χ1v) is 8.72. The Hall–Kier alpha value is -3.43. The van der Waals surface area contributed by atoms with E-state index in [2.05, 4.69) is 30.6 Å². The van der Waals surface area contributed by atoms with Gasteiger partial charge in [0.25, 0.3) is 0 Å². The number of nitrogens with one attached hydrogen (secondary N) is 1. The van der Waals surface area contributed by atoms with Crippen molar-refractivity contribution in [3.8, 4) is 11.3 Å². The number of hydrogen-bond donors (Lipinski definition) is 1. The van der Waals surface area contributed by atoms with Crippen LogP contribution in [0.1, 0.15) is 5.82 Å². The molecule has 4 heterocycles. The van der Waals surface area contributed by atoms with Gasteiger partial charge in [-0.3, -0.25) is 17.9 Å². The molecule has 4 rings (SSSR count). The maximum atomic E-state index is 12.8. The van der Waals surface area contributed by atoms with Crippen LogP contribution >= 0.6 is 0 Å². The fraction of sp³-hybridized carbons (Fsp3) is 0.278. The van der Waals surface area contributed by atoms with Crippen molar-refractivity contribution < 1.29 is 8.78 Å². The van der Waals surface area contributed by atoms with Crippen LogP contribution in [0.25, 0.3) is 16.9 Å². The lowest BCUT2D eigenvalue weighted by Gasteiger charge is -2.08. The van der Waals surface area contributed by atoms with Gasteiger partial charge in [0.2, 0.25) is 5.95 Å². The van der Waals surface area contributed by atoms with Crippen LogP contribution in [-0.4, -0.2) is 47.7 Å². The van der Waals surface area contributed by atoms with E-state index < -0.39 is 19.3 Å². The average molecular weight is 384 g/mol. The van der Waals surface area contributed by atoms with Gasteiger partial charge in [0.1, 0.15) is 11.6 Å². The number of halogens is 2. The largest absolute Gasteiger partial charge is 0.309 e. The van der Waals surface area contributed by atoms with E-state index in [4.69, 9.17) is 0 Å². The lowest BCUT2D eigenvalue weighted by atomic mass is 10.1. The van der Waals surface area contributed by atoms with E-state index >= 15 is 0 Å². The molecule has 0 unspecified atom stereocenters. The fourth-order valence-electron chi connectivity index (χ4n) is 2.84. The predicted octanol–water partition coefficient (Wildman–Crippen LogP) is 2.76. The maximum Gasteiger partial charge on any atom is 0.228 e. The average Bonchev–Trinajstić information content (AvgIpc) is 3.32. The summed E-state index contributed by atoms with van der Waals surface area (Å²) in [4.78, 5) is 8.76. The zero-order valence-corrected chi connectivity index (χ0v) is 15.1. The predicted molar refractivity (Wildman–Crippen MR) is 99.6 cm³/mol. The highest BCUT2D eigenvalue weighted by atomic mass is 19.1. The summed E-state index contributed by atoms with van der Waals surface area (Å²) < 4.78 is 29.0. The molecule has 0 saturated heterocycles. The Labute approximate surface area is 159 Å². The van der Waals surface area contributed by atoms with Gasteiger partial charge in [-0.05, 0) is 18.2 Å². The molecule has 0 radical (unpaired) electrons. The quantitative estimate of drug-likeness (QED) is 0.527. The molecule has 0 atom stereocenters. The Kier molecular flexibility index (Phi) is 4.92. The zero-order valence-electron chi connectivity index (χ0n) is 15.1. The molecule has 0 aliphatic carbocycles. The van der Waals surface area contributed by atoms with E-state index in [1.165, 1.54) is 0 Å². The van der Waals surface area contributed by atoms with Crippen molar-refractivity contribution in [1.82, 2.24) is 34.3 Å². The molecule has 0 saturated carbocycles. The van der Waals surface area contributed by atoms with Crippen molar-refractivity contribution in [1.29, 1.82) is 0 Å². The lowest BCUT2D eigenvalue weighted by Crippen LogP contribution is -2.11. The molecule has 28 heavy (non-hydrogen) atoms. The number of fused-ring (bicyclic) bond motifs is 1. The number of alkyl halides is 2. The summed E-state index contributed by atoms with van der Waals surface area (Å²) >= 11 is 0. The highest BCUT2D eigenvalue weighted by Crippen LogP contribution is 2.21. The summed E-state index contributed by atoms with van der Waals surface area (Å²) in [5.41, 5.74) is 2.12. The van der Waals surface area contributed by atoms with Gasteiger partial charge < -0.3 is 5.32 Å². The second-order valence-corrected chi connectivity index (χ2v) is 6.37. The summed E-state index contributed by atoms with van der Waals surface area (Å²) in [6.07, 6.45) is 5.32. The van der Waals surface area contributed by atoms with Crippen LogP contribution in [-0.2, 0) is 13.5 Å². The van der Waals surface area contributed by atoms with Crippen molar-refractivity contribution in [2.45, 2.75) is 6.42 Å². The highest BCUT2D eigenvalue weighted by molar-refractivity contribution is 5.65. The standard InChI is InChI=1S/C18H18F2N8/c1-27-15(3-6-22-27)24-18-21-5-2-14(23-18)13-4-7-28-16(8-12(10-19)11-20)25-26-17(28)9-13/h2-7,9,12H,8,10-11H2,1H3,(H,21,23,24). The Morgan fingerprint density at radius 2 is 1.96 bits per heavy atom. The highest BCUT2D eigenvalue weighted by Gasteiger charge is 2.15. The van der Waals surface area contributed by atoms with E-state index in [0.29, 0.717) is 23.1 Å². The van der Waals surface area contributed by atoms with Gasteiger partial charge in [-0.15, -0.1) is 10.2 Å². The molecule has 0 amide bonds. The molecule has 0 aromatic carbocycles. The molecule has 4 aromatic rings. The molecular formula is C18H18F2N8. The van der Waals surface area contributed by atoms with Crippen LogP contribution in [0.4, 0.5) is 20.5 Å². The fourth-order valence-corrected chi connectivity index (χ4v) is 2.84. The second kappa shape index (κ2) is 7.67. The molecule has 0 fully saturated rings. The molecule has 8 nitrogen and oxygen atoms in total. The summed E-state index contributed by atoms with van der Waals surface area (Å²) in [5, 5.41) is 15.4. The van der Waals surface area contributed by atoms with Crippen LogP contribution in [0.15, 0.2) is 42.9 Å². The van der Waals surface area contributed by atoms with Crippen LogP contribution in [0, 0.1) is 5.92 Å². The van der Waals surface area contributed by atoms with Crippen molar-refractivity contribution in [3.63, 3.8) is 0 Å². The van der Waals surface area contributed by atoms with Crippen molar-refractivity contribution >= 4 is 17.4 Å². The normalized spacial score (nSPS) is 11.4. The Morgan fingerprint density at radius 1 is 1.11 bits per heavy atom. The first-order chi connectivity index (χ1) is 13.7. The third-order valence-corrected chi connectivity index (χ3v) is 4.40. The number of aromatic nitrogens is 7. The van der Waals surface area contributed by atoms with Gasteiger partial charge >= 0.3 is 0 Å². The Bertz CT molecular complexity index is 1090. The van der Waals surface area contributed by atoms with Gasteiger partial charge in [-0.2, -0.15) is 5.10 Å². The van der Waals surface area contributed by atoms with Gasteiger partial charge in [-0.25, -0.2) is 9.97 Å². The van der Waals surface area contributed by atoms with Crippen LogP contribution in [0.2, 0.25) is 0 Å². The molecular weight excluding hydrogens is 366 g/mol. The number of rotatable bonds is 7. The SMILES string of the molecule is Cn1nccc1Nc1nccc(-c2ccn3c(CC(CF)CF)nnc3c2)n1. The monoisotopic (exact) mass is 384 g/mol. The third-order valence-electron chi connectivity index (χ3n) is 4.40. The third kappa shape index (κ3) is 3.53. The van der Waals surface area contributed by atoms with Crippen molar-refractivity contribution in [3.05, 3.63) is 48.7 Å². The number of nitrogens with zero attached hydrogens (tertiary/aromatic N) is 7. The minimum absolute atomic E-state index is 0.194. The van der Waals surface area contributed by atoms with Crippen LogP contribution in [0.5, 0.6) is 0 Å². The Balaban J connectivity index is 1.61. The van der Waals surface area contributed by atoms with Gasteiger partial charge in [-0.1, -0.05) is 0 Å². The topological polar surface area (TPSA) is 85.8 Å². The van der Waals surface area contributed by atoms with E-state index in [1.807, 2.05) is 25.2 Å². The summed E-state index contributed by atoms with van der Waals surface area (Å²) in [6, 6.07) is 7.30. The van der Waals surface area contributed by atoms with E-state index in [1.54, 1.807) is 33.7 Å². The van der Waals surface area contributed by atoms with Crippen molar-refractivity contribution in [2.24, 2.45) is 13.0 Å². The number of anilines is 2. The first-order valence-electron chi connectivity index (χ1n) is 8.72. The molecule has 10 heteroatoms. The smallest absolute Gasteiger partial charge is 0.228 e. The van der Waals surface area contributed by atoms with Gasteiger partial charge in [0.05, 0.1) is 25.2 Å². The van der Waals surface area contributed by atoms with E-state index in [9.17, 15) is 8.78 Å². The number of aryl methyl sites for hydroxylation is 1. The molecule has 0 bridgehead atoms. The number of pyridine rings is 1. The van der Waals surface area contributed by atoms with Crippen LogP contribution in [0.3, 0.4) is 0 Å². The first kappa shape index (κ1) is 18.0. The number of hydrogen-bond acceptors (Lipinski definition) is 6. The Morgan fingerprint density at radius 3 is 2.71 bits per heavy atom. The minimum Gasteiger partial charge on any atom is -0.309 e. The second-order valence-electron chi connectivity index (χ2n) is 6.37. The lowest BCUT2D eigenvalue weighted by molar-refractivity contribution is 0.284. The van der Waals surface area contributed by atoms with Gasteiger partial charge in [0.15, 0.2) is 5.65 Å². The zero-order chi connectivity index (χ0) is 19.5. The molecule has 4 aromatic heterocycles. The summed E-state index contributed by atoms with van der Waals surface area (Å²) in [7, 11) is 1.82. The van der Waals surface area contributed by atoms with E-state index in [0.717, 1.165) is 11.4 Å². The molecule has 0 aliphatic rings. The molecule has 0 aliphatic heterocycles. The maximum absolute atomic E-state index is 12.8. The molecule has 1 N–H and O–H groups in total. The molecule has 144 valence electrons. The summed E-state index contributed by atoms with van der Waals surface area (Å²) in [5.74, 6) is 1.04. The van der Waals surface area contributed by atoms with Gasteiger partial charge in [0, 0.05) is 43.4 Å². The molecule has 0 spiro atoms. The van der Waals surface area contributed by atoms with E-state index in [-0.39, 0.29) is 6.42 Å². The van der Waals surface area contributed by atoms with Crippen LogP contribution < -0.4 is 5.32 Å². The van der Waals surface area contributed by atoms with Crippen molar-refractivity contribution in [2.75, 3.05) is 18.7 Å². The minimum atomic E-state index is -0.725.